The van der Waals surface area contributed by atoms with Crippen molar-refractivity contribution in [3.05, 3.63) is 64.1 Å². The largest absolute Gasteiger partial charge is 0.504 e. The normalized spacial score (nSPS) is 17.7. The van der Waals surface area contributed by atoms with Crippen molar-refractivity contribution >= 4 is 34.5 Å². The molecule has 164 valence electrons. The Balaban J connectivity index is 1.60. The molecule has 1 saturated carbocycles. The Morgan fingerprint density at radius 3 is 2.69 bits per heavy atom. The van der Waals surface area contributed by atoms with Crippen LogP contribution in [-0.2, 0) is 10.2 Å². The van der Waals surface area contributed by atoms with Crippen LogP contribution in [0.1, 0.15) is 29.7 Å². The number of nitrogens with zero attached hydrogens (tertiary/aromatic N) is 1. The Labute approximate surface area is 187 Å². The zero-order valence-corrected chi connectivity index (χ0v) is 17.7. The van der Waals surface area contributed by atoms with Gasteiger partial charge in [0.1, 0.15) is 5.82 Å². The molecule has 1 aliphatic heterocycles. The average Bonchev–Trinajstić information content (AvgIpc) is 3.29. The zero-order chi connectivity index (χ0) is 22.6. The topological polar surface area (TPSA) is 105 Å². The lowest BCUT2D eigenvalue weighted by Crippen LogP contribution is -2.13. The molecular formula is C23H18ClFN2O5. The van der Waals surface area contributed by atoms with E-state index in [1.807, 2.05) is 0 Å². The highest BCUT2D eigenvalue weighted by atomic mass is 35.5. The van der Waals surface area contributed by atoms with Gasteiger partial charge in [0.05, 0.1) is 36.1 Å². The molecule has 32 heavy (non-hydrogen) atoms. The van der Waals surface area contributed by atoms with E-state index in [-0.39, 0.29) is 23.8 Å². The second-order valence-corrected chi connectivity index (χ2v) is 8.33. The maximum Gasteiger partial charge on any atom is 0.260 e. The molecule has 3 aromatic rings. The van der Waals surface area contributed by atoms with Crippen molar-refractivity contribution in [2.45, 2.75) is 18.3 Å². The van der Waals surface area contributed by atoms with Crippen LogP contribution in [0.15, 0.2) is 40.9 Å². The highest BCUT2D eigenvalue weighted by molar-refractivity contribution is 6.38. The van der Waals surface area contributed by atoms with E-state index in [2.05, 4.69) is 10.5 Å². The number of aliphatic hydroxyl groups excluding tert-OH is 2. The number of carbonyl (C=O) groups excluding carboxylic acids is 1. The number of aromatic nitrogens is 1. The Hall–Kier alpha value is -3.36. The molecule has 1 amide bonds. The molecule has 9 heteroatoms. The van der Waals surface area contributed by atoms with Crippen molar-refractivity contribution in [2.75, 3.05) is 19.0 Å². The number of amides is 1. The Kier molecular flexibility index (Phi) is 4.72. The van der Waals surface area contributed by atoms with E-state index < -0.39 is 22.9 Å². The number of fused-ring (bicyclic) bond motifs is 1. The summed E-state index contributed by atoms with van der Waals surface area (Å²) in [5.74, 6) is -1.26. The molecule has 5 rings (SSSR count). The first-order valence-electron chi connectivity index (χ1n) is 9.88. The maximum atomic E-state index is 14.9. The summed E-state index contributed by atoms with van der Waals surface area (Å²) >= 11 is 6.44. The van der Waals surface area contributed by atoms with Gasteiger partial charge in [-0.3, -0.25) is 4.79 Å². The Bertz CT molecular complexity index is 1300. The number of aliphatic hydroxyl groups is 2. The fraction of sp³-hybridized carbons (Fsp3) is 0.217. The van der Waals surface area contributed by atoms with Gasteiger partial charge in [0.15, 0.2) is 5.76 Å². The number of hydrogen-bond donors (Lipinski definition) is 3. The molecule has 2 heterocycles. The van der Waals surface area contributed by atoms with Gasteiger partial charge in [0.2, 0.25) is 5.76 Å². The van der Waals surface area contributed by atoms with Crippen molar-refractivity contribution in [1.82, 2.24) is 5.16 Å². The quantitative estimate of drug-likeness (QED) is 0.384. The van der Waals surface area contributed by atoms with Gasteiger partial charge in [-0.15, -0.1) is 0 Å². The summed E-state index contributed by atoms with van der Waals surface area (Å²) in [6.07, 6.45) is 1.49. The highest BCUT2D eigenvalue weighted by Crippen LogP contribution is 2.49. The number of ether oxygens (including phenoxy) is 1. The molecule has 0 saturated heterocycles. The van der Waals surface area contributed by atoms with Crippen LogP contribution in [0.5, 0.6) is 5.88 Å². The minimum atomic E-state index is -0.541. The minimum absolute atomic E-state index is 0.0222. The molecule has 3 N–H and O–H groups in total. The summed E-state index contributed by atoms with van der Waals surface area (Å²) in [4.78, 5) is 12.6. The third kappa shape index (κ3) is 3.14. The molecular weight excluding hydrogens is 439 g/mol. The van der Waals surface area contributed by atoms with E-state index in [1.165, 1.54) is 19.2 Å². The van der Waals surface area contributed by atoms with E-state index in [0.717, 1.165) is 12.8 Å². The van der Waals surface area contributed by atoms with Crippen LogP contribution in [0.25, 0.3) is 22.5 Å². The van der Waals surface area contributed by atoms with E-state index in [1.54, 1.807) is 24.3 Å². The fourth-order valence-electron chi connectivity index (χ4n) is 4.01. The van der Waals surface area contributed by atoms with Gasteiger partial charge in [-0.2, -0.15) is 0 Å². The van der Waals surface area contributed by atoms with Crippen LogP contribution in [0.4, 0.5) is 10.1 Å². The Morgan fingerprint density at radius 1 is 1.28 bits per heavy atom. The molecule has 0 spiro atoms. The standard InChI is InChI=1S/C23H18ClFN2O5/c1-31-19-9-18(32-27-19)21(29)20-13-7-12(15(24)8-17(13)26-22(20)30)11-2-3-14(16(25)6-11)23(10-28)4-5-23/h2-3,6-9,28-29H,4-5,10H2,1H3,(H,26,30)/b21-20+. The number of hydrogen-bond acceptors (Lipinski definition) is 6. The predicted octanol–water partition coefficient (Wildman–Crippen LogP) is 4.55. The SMILES string of the molecule is COc1cc(/C(O)=C2\C(=O)Nc3cc(Cl)c(-c4ccc(C5(CO)CC5)c(F)c4)cc32)on1. The van der Waals surface area contributed by atoms with Crippen molar-refractivity contribution in [3.8, 4) is 17.0 Å². The first-order chi connectivity index (χ1) is 15.4. The lowest BCUT2D eigenvalue weighted by molar-refractivity contribution is -0.110. The average molecular weight is 457 g/mol. The van der Waals surface area contributed by atoms with Crippen LogP contribution < -0.4 is 10.1 Å². The van der Waals surface area contributed by atoms with E-state index in [0.29, 0.717) is 33.0 Å². The van der Waals surface area contributed by atoms with Crippen molar-refractivity contribution < 1.29 is 28.7 Å². The first-order valence-corrected chi connectivity index (χ1v) is 10.3. The minimum Gasteiger partial charge on any atom is -0.504 e. The second-order valence-electron chi connectivity index (χ2n) is 7.92. The van der Waals surface area contributed by atoms with Gasteiger partial charge < -0.3 is 24.8 Å². The molecule has 1 fully saturated rings. The molecule has 2 aromatic carbocycles. The third-order valence-electron chi connectivity index (χ3n) is 6.03. The maximum absolute atomic E-state index is 14.9. The lowest BCUT2D eigenvalue weighted by Gasteiger charge is -2.15. The van der Waals surface area contributed by atoms with Gasteiger partial charge >= 0.3 is 0 Å². The van der Waals surface area contributed by atoms with E-state index in [4.69, 9.17) is 20.9 Å². The van der Waals surface area contributed by atoms with Crippen LogP contribution >= 0.6 is 11.6 Å². The molecule has 7 nitrogen and oxygen atoms in total. The van der Waals surface area contributed by atoms with Crippen LogP contribution in [0.3, 0.4) is 0 Å². The molecule has 1 aliphatic carbocycles. The number of carbonyl (C=O) groups is 1. The highest BCUT2D eigenvalue weighted by Gasteiger charge is 2.45. The zero-order valence-electron chi connectivity index (χ0n) is 16.9. The van der Waals surface area contributed by atoms with Gasteiger partial charge in [-0.25, -0.2) is 4.39 Å². The van der Waals surface area contributed by atoms with Crippen LogP contribution in [-0.4, -0.2) is 35.0 Å². The van der Waals surface area contributed by atoms with E-state index >= 15 is 0 Å². The molecule has 0 bridgehead atoms. The Morgan fingerprint density at radius 2 is 2.06 bits per heavy atom. The number of halogens is 2. The summed E-state index contributed by atoms with van der Waals surface area (Å²) in [5.41, 5.74) is 1.75. The number of rotatable bonds is 5. The summed E-state index contributed by atoms with van der Waals surface area (Å²) in [5, 5.41) is 26.9. The molecule has 0 radical (unpaired) electrons. The lowest BCUT2D eigenvalue weighted by atomic mass is 9.92. The van der Waals surface area contributed by atoms with Crippen LogP contribution in [0, 0.1) is 5.82 Å². The number of benzene rings is 2. The third-order valence-corrected chi connectivity index (χ3v) is 6.34. The fourth-order valence-corrected chi connectivity index (χ4v) is 4.29. The summed E-state index contributed by atoms with van der Waals surface area (Å²) in [6.45, 7) is -0.101. The van der Waals surface area contributed by atoms with E-state index in [9.17, 15) is 19.4 Å². The summed E-state index contributed by atoms with van der Waals surface area (Å²) in [7, 11) is 1.40. The first kappa shape index (κ1) is 20.5. The van der Waals surface area contributed by atoms with Gasteiger partial charge in [-0.1, -0.05) is 23.7 Å². The monoisotopic (exact) mass is 456 g/mol. The predicted molar refractivity (Wildman–Crippen MR) is 116 cm³/mol. The molecule has 1 aromatic heterocycles. The van der Waals surface area contributed by atoms with Crippen molar-refractivity contribution in [1.29, 1.82) is 0 Å². The number of nitrogens with one attached hydrogen (secondary N) is 1. The molecule has 0 atom stereocenters. The summed E-state index contributed by atoms with van der Waals surface area (Å²) < 4.78 is 24.9. The second kappa shape index (κ2) is 7.36. The molecule has 2 aliphatic rings. The van der Waals surface area contributed by atoms with Gasteiger partial charge in [-0.05, 0) is 47.3 Å². The van der Waals surface area contributed by atoms with Crippen molar-refractivity contribution in [3.63, 3.8) is 0 Å². The summed E-state index contributed by atoms with van der Waals surface area (Å²) in [6, 6.07) is 9.28. The smallest absolute Gasteiger partial charge is 0.260 e. The van der Waals surface area contributed by atoms with Crippen LogP contribution in [0.2, 0.25) is 5.02 Å². The van der Waals surface area contributed by atoms with Gasteiger partial charge in [0.25, 0.3) is 11.8 Å². The number of anilines is 1. The van der Waals surface area contributed by atoms with Crippen molar-refractivity contribution in [2.24, 2.45) is 0 Å². The molecule has 0 unspecified atom stereocenters. The van der Waals surface area contributed by atoms with Gasteiger partial charge in [0, 0.05) is 16.5 Å². The number of methoxy groups -OCH3 is 1.